The number of rotatable bonds is 6. The van der Waals surface area contributed by atoms with Crippen molar-refractivity contribution in [1.29, 1.82) is 0 Å². The van der Waals surface area contributed by atoms with E-state index in [0.717, 1.165) is 12.5 Å². The molecular formula is C15H25N3O. The minimum absolute atomic E-state index is 0.292. The summed E-state index contributed by atoms with van der Waals surface area (Å²) in [5, 5.41) is 0. The molecule has 106 valence electrons. The van der Waals surface area contributed by atoms with Crippen LogP contribution in [0.5, 0.6) is 5.88 Å². The summed E-state index contributed by atoms with van der Waals surface area (Å²) < 4.78 is 5.10. The van der Waals surface area contributed by atoms with E-state index >= 15 is 0 Å². The van der Waals surface area contributed by atoms with Crippen LogP contribution in [0.15, 0.2) is 18.3 Å². The molecule has 1 aromatic heterocycles. The summed E-state index contributed by atoms with van der Waals surface area (Å²) in [5.74, 6) is 1.50. The van der Waals surface area contributed by atoms with Crippen LogP contribution in [0.4, 0.5) is 0 Å². The van der Waals surface area contributed by atoms with Crippen molar-refractivity contribution in [2.75, 3.05) is 26.7 Å². The monoisotopic (exact) mass is 263 g/mol. The van der Waals surface area contributed by atoms with E-state index in [2.05, 4.69) is 22.9 Å². The van der Waals surface area contributed by atoms with Crippen molar-refractivity contribution < 1.29 is 4.74 Å². The zero-order valence-corrected chi connectivity index (χ0v) is 12.0. The molecule has 0 bridgehead atoms. The molecule has 0 aromatic carbocycles. The molecule has 1 saturated heterocycles. The second-order valence-corrected chi connectivity index (χ2v) is 5.32. The fourth-order valence-corrected chi connectivity index (χ4v) is 3.00. The Bertz CT molecular complexity index is 379. The SMILES string of the molecule is CCCC1CCN(C(CN)c2ccc(OC)nc2)C1. The molecule has 0 spiro atoms. The maximum atomic E-state index is 5.97. The molecule has 1 aliphatic rings. The Balaban J connectivity index is 2.03. The molecule has 2 heterocycles. The molecule has 2 N–H and O–H groups in total. The summed E-state index contributed by atoms with van der Waals surface area (Å²) >= 11 is 0. The fraction of sp³-hybridized carbons (Fsp3) is 0.667. The highest BCUT2D eigenvalue weighted by Gasteiger charge is 2.28. The molecule has 0 radical (unpaired) electrons. The summed E-state index contributed by atoms with van der Waals surface area (Å²) in [6.07, 6.45) is 5.79. The molecule has 4 heteroatoms. The van der Waals surface area contributed by atoms with Crippen LogP contribution in [0.3, 0.4) is 0 Å². The first-order chi connectivity index (χ1) is 9.28. The van der Waals surface area contributed by atoms with E-state index in [4.69, 9.17) is 10.5 Å². The number of pyridine rings is 1. The normalized spacial score (nSPS) is 21.5. The average molecular weight is 263 g/mol. The minimum Gasteiger partial charge on any atom is -0.481 e. The number of hydrogen-bond donors (Lipinski definition) is 1. The van der Waals surface area contributed by atoms with Crippen LogP contribution in [-0.2, 0) is 0 Å². The zero-order chi connectivity index (χ0) is 13.7. The number of aromatic nitrogens is 1. The first kappa shape index (κ1) is 14.3. The highest BCUT2D eigenvalue weighted by atomic mass is 16.5. The predicted octanol–water partition coefficient (Wildman–Crippen LogP) is 2.21. The van der Waals surface area contributed by atoms with Gasteiger partial charge < -0.3 is 10.5 Å². The number of hydrogen-bond acceptors (Lipinski definition) is 4. The van der Waals surface area contributed by atoms with Gasteiger partial charge >= 0.3 is 0 Å². The van der Waals surface area contributed by atoms with Crippen LogP contribution in [0.2, 0.25) is 0 Å². The number of nitrogens with zero attached hydrogens (tertiary/aromatic N) is 2. The largest absolute Gasteiger partial charge is 0.481 e. The average Bonchev–Trinajstić information content (AvgIpc) is 2.89. The van der Waals surface area contributed by atoms with Gasteiger partial charge in [-0.3, -0.25) is 4.90 Å². The summed E-state index contributed by atoms with van der Waals surface area (Å²) in [5.41, 5.74) is 7.17. The Morgan fingerprint density at radius 1 is 1.53 bits per heavy atom. The van der Waals surface area contributed by atoms with Crippen LogP contribution in [0.1, 0.15) is 37.8 Å². The van der Waals surface area contributed by atoms with Crippen molar-refractivity contribution in [3.05, 3.63) is 23.9 Å². The van der Waals surface area contributed by atoms with E-state index in [1.54, 1.807) is 7.11 Å². The Morgan fingerprint density at radius 2 is 2.37 bits per heavy atom. The molecule has 1 aromatic rings. The molecule has 0 saturated carbocycles. The van der Waals surface area contributed by atoms with Gasteiger partial charge in [-0.05, 0) is 30.9 Å². The van der Waals surface area contributed by atoms with Crippen LogP contribution < -0.4 is 10.5 Å². The Labute approximate surface area is 116 Å². The lowest BCUT2D eigenvalue weighted by Crippen LogP contribution is -2.32. The van der Waals surface area contributed by atoms with Crippen molar-refractivity contribution in [3.8, 4) is 5.88 Å². The van der Waals surface area contributed by atoms with Crippen molar-refractivity contribution in [2.24, 2.45) is 11.7 Å². The minimum atomic E-state index is 0.292. The summed E-state index contributed by atoms with van der Waals surface area (Å²) in [6.45, 7) is 5.23. The smallest absolute Gasteiger partial charge is 0.212 e. The third-order valence-electron chi connectivity index (χ3n) is 4.03. The molecule has 0 aliphatic carbocycles. The molecule has 0 amide bonds. The highest BCUT2D eigenvalue weighted by molar-refractivity contribution is 5.21. The van der Waals surface area contributed by atoms with Gasteiger partial charge in [0.15, 0.2) is 0 Å². The van der Waals surface area contributed by atoms with Gasteiger partial charge in [-0.1, -0.05) is 19.4 Å². The number of ether oxygens (including phenoxy) is 1. The second kappa shape index (κ2) is 6.87. The first-order valence-electron chi connectivity index (χ1n) is 7.22. The van der Waals surface area contributed by atoms with Gasteiger partial charge in [0.2, 0.25) is 5.88 Å². The molecular weight excluding hydrogens is 238 g/mol. The quantitative estimate of drug-likeness (QED) is 0.855. The van der Waals surface area contributed by atoms with Crippen molar-refractivity contribution in [1.82, 2.24) is 9.88 Å². The lowest BCUT2D eigenvalue weighted by atomic mass is 10.0. The third kappa shape index (κ3) is 3.45. The molecule has 2 rings (SSSR count). The van der Waals surface area contributed by atoms with E-state index < -0.39 is 0 Å². The standard InChI is InChI=1S/C15H25N3O/c1-3-4-12-7-8-18(11-12)14(9-16)13-5-6-15(19-2)17-10-13/h5-6,10,12,14H,3-4,7-9,11,16H2,1-2H3. The van der Waals surface area contributed by atoms with Gasteiger partial charge in [-0.15, -0.1) is 0 Å². The third-order valence-corrected chi connectivity index (χ3v) is 4.03. The summed E-state index contributed by atoms with van der Waals surface area (Å²) in [7, 11) is 1.64. The van der Waals surface area contributed by atoms with Gasteiger partial charge in [0.05, 0.1) is 7.11 Å². The van der Waals surface area contributed by atoms with Crippen LogP contribution >= 0.6 is 0 Å². The van der Waals surface area contributed by atoms with E-state index in [-0.39, 0.29) is 0 Å². The Morgan fingerprint density at radius 3 is 2.95 bits per heavy atom. The number of likely N-dealkylation sites (tertiary alicyclic amines) is 1. The van der Waals surface area contributed by atoms with Crippen LogP contribution in [0, 0.1) is 5.92 Å². The Hall–Kier alpha value is -1.13. The van der Waals surface area contributed by atoms with E-state index in [1.807, 2.05) is 12.3 Å². The second-order valence-electron chi connectivity index (χ2n) is 5.32. The molecule has 2 atom stereocenters. The molecule has 1 fully saturated rings. The summed E-state index contributed by atoms with van der Waals surface area (Å²) in [4.78, 5) is 6.79. The maximum absolute atomic E-state index is 5.97. The van der Waals surface area contributed by atoms with E-state index in [0.29, 0.717) is 18.5 Å². The van der Waals surface area contributed by atoms with E-state index in [9.17, 15) is 0 Å². The maximum Gasteiger partial charge on any atom is 0.212 e. The van der Waals surface area contributed by atoms with Gasteiger partial charge in [0.1, 0.15) is 0 Å². The first-order valence-corrected chi connectivity index (χ1v) is 7.22. The van der Waals surface area contributed by atoms with Crippen molar-refractivity contribution in [2.45, 2.75) is 32.2 Å². The lowest BCUT2D eigenvalue weighted by molar-refractivity contribution is 0.239. The number of methoxy groups -OCH3 is 1. The van der Waals surface area contributed by atoms with E-state index in [1.165, 1.54) is 31.4 Å². The zero-order valence-electron chi connectivity index (χ0n) is 12.0. The fourth-order valence-electron chi connectivity index (χ4n) is 3.00. The Kier molecular flexibility index (Phi) is 5.16. The van der Waals surface area contributed by atoms with Gasteiger partial charge in [0.25, 0.3) is 0 Å². The van der Waals surface area contributed by atoms with Crippen molar-refractivity contribution in [3.63, 3.8) is 0 Å². The van der Waals surface area contributed by atoms with Crippen molar-refractivity contribution >= 4 is 0 Å². The summed E-state index contributed by atoms with van der Waals surface area (Å²) in [6, 6.07) is 4.29. The number of nitrogens with two attached hydrogens (primary N) is 1. The van der Waals surface area contributed by atoms with Gasteiger partial charge in [-0.2, -0.15) is 0 Å². The molecule has 1 aliphatic heterocycles. The molecule has 4 nitrogen and oxygen atoms in total. The molecule has 2 unspecified atom stereocenters. The van der Waals surface area contributed by atoms with Crippen LogP contribution in [-0.4, -0.2) is 36.6 Å². The highest BCUT2D eigenvalue weighted by Crippen LogP contribution is 2.29. The lowest BCUT2D eigenvalue weighted by Gasteiger charge is -2.27. The molecule has 19 heavy (non-hydrogen) atoms. The predicted molar refractivity (Wildman–Crippen MR) is 77.2 cm³/mol. The van der Waals surface area contributed by atoms with Crippen LogP contribution in [0.25, 0.3) is 0 Å². The topological polar surface area (TPSA) is 51.4 Å². The van der Waals surface area contributed by atoms with Gasteiger partial charge in [-0.25, -0.2) is 4.98 Å². The van der Waals surface area contributed by atoms with Gasteiger partial charge in [0, 0.05) is 31.4 Å².